The summed E-state index contributed by atoms with van der Waals surface area (Å²) in [6.07, 6.45) is -8.65. The van der Waals surface area contributed by atoms with E-state index in [0.29, 0.717) is 47.4 Å². The molecule has 2 N–H and O–H groups in total. The highest BCUT2D eigenvalue weighted by Crippen LogP contribution is 2.41. The van der Waals surface area contributed by atoms with Crippen LogP contribution in [0.5, 0.6) is 0 Å². The number of pyridine rings is 1. The lowest BCUT2D eigenvalue weighted by atomic mass is 9.81. The van der Waals surface area contributed by atoms with Crippen molar-refractivity contribution in [2.75, 3.05) is 19.1 Å². The molecule has 238 valence electrons. The number of carbonyl (C=O) groups excluding carboxylic acids is 1. The molecule has 4 rings (SSSR count). The van der Waals surface area contributed by atoms with Crippen molar-refractivity contribution < 1.29 is 45.4 Å². The number of aliphatic hydroxyl groups excluding tert-OH is 1. The fraction of sp³-hybridized carbons (Fsp3) is 0.419. The Balaban J connectivity index is 1.80. The van der Waals surface area contributed by atoms with E-state index in [1.165, 1.54) is 52.4 Å². The van der Waals surface area contributed by atoms with Gasteiger partial charge in [-0.05, 0) is 86.7 Å². The third-order valence-corrected chi connectivity index (χ3v) is 8.02. The monoisotopic (exact) mass is 627 g/mol. The van der Waals surface area contributed by atoms with E-state index in [-0.39, 0.29) is 23.8 Å². The molecule has 6 nitrogen and oxygen atoms in total. The number of aryl methyl sites for hydroxylation is 1. The molecule has 0 spiro atoms. The van der Waals surface area contributed by atoms with Crippen LogP contribution >= 0.6 is 0 Å². The summed E-state index contributed by atoms with van der Waals surface area (Å²) in [6.45, 7) is 4.15. The van der Waals surface area contributed by atoms with E-state index in [0.717, 1.165) is 4.90 Å². The number of likely N-dealkylation sites (N-methyl/N-ethyl adjacent to an activating group) is 1. The van der Waals surface area contributed by atoms with Crippen molar-refractivity contribution in [3.63, 3.8) is 0 Å². The molecule has 0 radical (unpaired) electrons. The van der Waals surface area contributed by atoms with E-state index < -0.39 is 52.5 Å². The number of hydrogen-bond donors (Lipinski definition) is 2. The normalized spacial score (nSPS) is 18.4. The first-order chi connectivity index (χ1) is 20.3. The zero-order chi connectivity index (χ0) is 32.8. The molecule has 3 atom stereocenters. The van der Waals surface area contributed by atoms with Crippen LogP contribution in [0.3, 0.4) is 0 Å². The van der Waals surface area contributed by atoms with Crippen molar-refractivity contribution in [2.45, 2.75) is 69.8 Å². The third kappa shape index (κ3) is 6.74. The van der Waals surface area contributed by atoms with Gasteiger partial charge in [-0.3, -0.25) is 9.78 Å². The van der Waals surface area contributed by atoms with Crippen LogP contribution in [-0.4, -0.2) is 42.5 Å². The zero-order valence-electron chi connectivity index (χ0n) is 24.6. The molecule has 0 saturated carbocycles. The summed E-state index contributed by atoms with van der Waals surface area (Å²) < 4.78 is 101. The lowest BCUT2D eigenvalue weighted by Crippen LogP contribution is -2.42. The Morgan fingerprint density at radius 2 is 1.57 bits per heavy atom. The van der Waals surface area contributed by atoms with Gasteiger partial charge in [-0.2, -0.15) is 26.3 Å². The van der Waals surface area contributed by atoms with E-state index in [2.05, 4.69) is 10.3 Å². The van der Waals surface area contributed by atoms with Crippen molar-refractivity contribution in [3.05, 3.63) is 82.4 Å². The van der Waals surface area contributed by atoms with Crippen LogP contribution in [0.25, 0.3) is 11.1 Å². The molecule has 1 aliphatic rings. The summed E-state index contributed by atoms with van der Waals surface area (Å²) in [5, 5.41) is 13.3. The Morgan fingerprint density at radius 1 is 0.977 bits per heavy atom. The van der Waals surface area contributed by atoms with E-state index in [9.17, 15) is 40.6 Å². The summed E-state index contributed by atoms with van der Waals surface area (Å²) in [6, 6.07) is 6.18. The number of aromatic nitrogens is 1. The summed E-state index contributed by atoms with van der Waals surface area (Å²) in [5.41, 5.74) is -3.13. The van der Waals surface area contributed by atoms with E-state index in [1.54, 1.807) is 13.0 Å². The molecule has 3 aromatic rings. The Hall–Kier alpha value is -3.55. The second kappa shape index (κ2) is 12.1. The van der Waals surface area contributed by atoms with Crippen LogP contribution in [-0.2, 0) is 27.3 Å². The van der Waals surface area contributed by atoms with Crippen molar-refractivity contribution in [3.8, 4) is 11.1 Å². The molecule has 1 amide bonds. The van der Waals surface area contributed by atoms with Gasteiger partial charge >= 0.3 is 12.4 Å². The molecule has 44 heavy (non-hydrogen) atoms. The van der Waals surface area contributed by atoms with Gasteiger partial charge in [-0.25, -0.2) is 4.39 Å². The molecule has 2 heterocycles. The lowest BCUT2D eigenvalue weighted by molar-refractivity contribution is -0.143. The van der Waals surface area contributed by atoms with Gasteiger partial charge in [0.2, 0.25) is 5.91 Å². The number of methoxy groups -OCH3 is 1. The van der Waals surface area contributed by atoms with Gasteiger partial charge in [0.25, 0.3) is 0 Å². The highest BCUT2D eigenvalue weighted by atomic mass is 19.4. The van der Waals surface area contributed by atoms with Gasteiger partial charge < -0.3 is 20.1 Å². The number of halogens is 7. The van der Waals surface area contributed by atoms with Crippen molar-refractivity contribution in [1.82, 2.24) is 10.3 Å². The van der Waals surface area contributed by atoms with Crippen LogP contribution in [0, 0.1) is 12.7 Å². The summed E-state index contributed by atoms with van der Waals surface area (Å²) in [7, 11) is 2.72. The first-order valence-electron chi connectivity index (χ1n) is 13.7. The minimum atomic E-state index is -5.08. The molecular weight excluding hydrogens is 595 g/mol. The van der Waals surface area contributed by atoms with Crippen LogP contribution in [0.15, 0.2) is 48.7 Å². The predicted octanol–water partition coefficient (Wildman–Crippen LogP) is 6.93. The number of hydrogen-bond acceptors (Lipinski definition) is 5. The minimum Gasteiger partial charge on any atom is -0.367 e. The molecule has 1 aliphatic heterocycles. The first kappa shape index (κ1) is 33.3. The molecular formula is C31H32F7N3O3. The number of anilines is 1. The number of benzene rings is 2. The second-order valence-corrected chi connectivity index (χ2v) is 11.4. The van der Waals surface area contributed by atoms with Gasteiger partial charge in [0, 0.05) is 25.8 Å². The number of aliphatic hydroxyl groups is 1. The maximum absolute atomic E-state index is 14.0. The summed E-state index contributed by atoms with van der Waals surface area (Å²) >= 11 is 0. The minimum absolute atomic E-state index is 0.0130. The molecule has 0 bridgehead atoms. The summed E-state index contributed by atoms with van der Waals surface area (Å²) in [5.74, 6) is -1.30. The van der Waals surface area contributed by atoms with Gasteiger partial charge in [-0.1, -0.05) is 6.07 Å². The fourth-order valence-corrected chi connectivity index (χ4v) is 5.43. The average Bonchev–Trinajstić information content (AvgIpc) is 3.45. The Labute approximate surface area is 249 Å². The van der Waals surface area contributed by atoms with Crippen LogP contribution in [0.1, 0.15) is 60.7 Å². The first-order valence-corrected chi connectivity index (χ1v) is 13.7. The number of amides is 1. The van der Waals surface area contributed by atoms with E-state index in [4.69, 9.17) is 4.74 Å². The molecule has 0 aliphatic carbocycles. The quantitative estimate of drug-likeness (QED) is 0.220. The average molecular weight is 628 g/mol. The lowest BCUT2D eigenvalue weighted by Gasteiger charge is -2.32. The second-order valence-electron chi connectivity index (χ2n) is 11.4. The topological polar surface area (TPSA) is 74.7 Å². The number of alkyl halides is 6. The van der Waals surface area contributed by atoms with Gasteiger partial charge in [-0.15, -0.1) is 0 Å². The van der Waals surface area contributed by atoms with Crippen molar-refractivity contribution >= 4 is 11.6 Å². The van der Waals surface area contributed by atoms with Crippen molar-refractivity contribution in [1.29, 1.82) is 0 Å². The number of ether oxygens (including phenoxy) is 1. The predicted molar refractivity (Wildman–Crippen MR) is 149 cm³/mol. The Bertz CT molecular complexity index is 1510. The third-order valence-electron chi connectivity index (χ3n) is 8.02. The van der Waals surface area contributed by atoms with Gasteiger partial charge in [0.05, 0.1) is 40.2 Å². The summed E-state index contributed by atoms with van der Waals surface area (Å²) in [4.78, 5) is 19.6. The molecule has 13 heteroatoms. The Morgan fingerprint density at radius 3 is 2.11 bits per heavy atom. The highest BCUT2D eigenvalue weighted by Gasteiger charge is 2.41. The standard InChI is InChI=1S/C31H32F7N3O3/c1-16-10-20(32)6-7-21(16)22-14-25(23-8-9-24(40-23)27(42)44-5)39-15-26(22)41(4)28(43)29(2,3)17-11-18(30(33,34)35)13-19(12-17)31(36,37)38/h6-7,10-15,23-24,27,40,42H,8-9H2,1-5H3/t23-,24-,27?/m0/s1. The maximum atomic E-state index is 14.0. The fourth-order valence-electron chi connectivity index (χ4n) is 5.43. The van der Waals surface area contributed by atoms with E-state index >= 15 is 0 Å². The van der Waals surface area contributed by atoms with Crippen LogP contribution < -0.4 is 10.2 Å². The molecule has 1 saturated heterocycles. The molecule has 1 aromatic heterocycles. The molecule has 2 aromatic carbocycles. The van der Waals surface area contributed by atoms with Gasteiger partial charge in [0.15, 0.2) is 6.29 Å². The SMILES string of the molecule is COC(O)[C@@H]1CC[C@@H](c2cc(-c3ccc(F)cc3C)c(N(C)C(=O)C(C)(C)c3cc(C(F)(F)F)cc(C(F)(F)F)c3)cn2)N1. The Kier molecular flexibility index (Phi) is 9.16. The van der Waals surface area contributed by atoms with Crippen molar-refractivity contribution in [2.24, 2.45) is 0 Å². The number of nitrogens with one attached hydrogen (secondary N) is 1. The van der Waals surface area contributed by atoms with Crippen LogP contribution in [0.2, 0.25) is 0 Å². The van der Waals surface area contributed by atoms with Gasteiger partial charge in [0.1, 0.15) is 5.82 Å². The maximum Gasteiger partial charge on any atom is 0.416 e. The number of carbonyl (C=O) groups is 1. The largest absolute Gasteiger partial charge is 0.416 e. The van der Waals surface area contributed by atoms with Crippen LogP contribution in [0.4, 0.5) is 36.4 Å². The van der Waals surface area contributed by atoms with E-state index in [1.807, 2.05) is 0 Å². The zero-order valence-corrected chi connectivity index (χ0v) is 24.6. The molecule has 1 unspecified atom stereocenters. The molecule has 1 fully saturated rings. The highest BCUT2D eigenvalue weighted by molar-refractivity contribution is 6.03. The number of rotatable bonds is 7. The smallest absolute Gasteiger partial charge is 0.367 e. The number of nitrogens with zero attached hydrogens (tertiary/aromatic N) is 2.